The van der Waals surface area contributed by atoms with Crippen molar-refractivity contribution in [2.45, 2.75) is 32.2 Å². The Hall–Kier alpha value is -1.68. The van der Waals surface area contributed by atoms with Crippen LogP contribution in [0.2, 0.25) is 0 Å². The molecule has 1 unspecified atom stereocenters. The summed E-state index contributed by atoms with van der Waals surface area (Å²) in [6.07, 6.45) is 2.52. The van der Waals surface area contributed by atoms with Gasteiger partial charge in [-0.15, -0.1) is 0 Å². The molecule has 1 fully saturated rings. The van der Waals surface area contributed by atoms with Crippen molar-refractivity contribution < 1.29 is 14.7 Å². The quantitative estimate of drug-likeness (QED) is 0.843. The van der Waals surface area contributed by atoms with E-state index in [1.165, 1.54) is 0 Å². The van der Waals surface area contributed by atoms with Crippen molar-refractivity contribution >= 4 is 11.8 Å². The van der Waals surface area contributed by atoms with Crippen LogP contribution in [0.3, 0.4) is 0 Å². The number of benzene rings is 1. The minimum absolute atomic E-state index is 0.00634. The normalized spacial score (nSPS) is 20.2. The van der Waals surface area contributed by atoms with Gasteiger partial charge in [0.25, 0.3) is 0 Å². The van der Waals surface area contributed by atoms with Gasteiger partial charge in [0.1, 0.15) is 6.04 Å². The van der Waals surface area contributed by atoms with Gasteiger partial charge in [-0.05, 0) is 26.3 Å². The second kappa shape index (κ2) is 5.97. The minimum atomic E-state index is -0.823. The van der Waals surface area contributed by atoms with Crippen LogP contribution in [0.1, 0.15) is 35.2 Å². The summed E-state index contributed by atoms with van der Waals surface area (Å²) in [7, 11) is 0. The lowest BCUT2D eigenvalue weighted by atomic mass is 10.0. The number of carbonyl (C=O) groups excluding carboxylic acids is 1. The highest BCUT2D eigenvalue weighted by molar-refractivity contribution is 5.97. The Morgan fingerprint density at radius 2 is 1.95 bits per heavy atom. The van der Waals surface area contributed by atoms with E-state index in [0.29, 0.717) is 18.5 Å². The number of piperidine rings is 1. The zero-order chi connectivity index (χ0) is 13.8. The Balaban J connectivity index is 2.04. The third-order valence-electron chi connectivity index (χ3n) is 3.62. The van der Waals surface area contributed by atoms with Crippen LogP contribution in [-0.2, 0) is 4.79 Å². The van der Waals surface area contributed by atoms with Crippen LogP contribution in [0, 0.1) is 6.92 Å². The summed E-state index contributed by atoms with van der Waals surface area (Å²) in [6, 6.07) is 6.90. The fourth-order valence-corrected chi connectivity index (χ4v) is 2.48. The smallest absolute Gasteiger partial charge is 0.320 e. The van der Waals surface area contributed by atoms with Gasteiger partial charge in [-0.1, -0.05) is 36.2 Å². The Bertz CT molecular complexity index is 467. The number of aliphatic carboxylic acids is 1. The largest absolute Gasteiger partial charge is 0.480 e. The Labute approximate surface area is 113 Å². The maximum atomic E-state index is 12.2. The highest BCUT2D eigenvalue weighted by atomic mass is 16.4. The zero-order valence-electron chi connectivity index (χ0n) is 11.1. The zero-order valence-corrected chi connectivity index (χ0v) is 11.1. The summed E-state index contributed by atoms with van der Waals surface area (Å²) in [5.74, 6) is -0.829. The van der Waals surface area contributed by atoms with Crippen LogP contribution in [0.5, 0.6) is 0 Å². The molecule has 1 aromatic carbocycles. The number of aryl methyl sites for hydroxylation is 1. The van der Waals surface area contributed by atoms with Gasteiger partial charge in [0.05, 0.1) is 6.54 Å². The van der Waals surface area contributed by atoms with Crippen molar-refractivity contribution in [3.05, 3.63) is 35.4 Å². The predicted molar refractivity (Wildman–Crippen MR) is 72.4 cm³/mol. The van der Waals surface area contributed by atoms with Crippen molar-refractivity contribution in [2.75, 3.05) is 13.1 Å². The molecule has 1 saturated heterocycles. The lowest BCUT2D eigenvalue weighted by Crippen LogP contribution is -2.46. The van der Waals surface area contributed by atoms with E-state index in [2.05, 4.69) is 0 Å². The predicted octanol–water partition coefficient (Wildman–Crippen LogP) is 2.12. The summed E-state index contributed by atoms with van der Waals surface area (Å²) < 4.78 is 0. The number of carboxylic acid groups (broad SMARTS) is 1. The topological polar surface area (TPSA) is 57.6 Å². The number of likely N-dealkylation sites (tertiary alicyclic amines) is 1. The third-order valence-corrected chi connectivity index (χ3v) is 3.62. The summed E-state index contributed by atoms with van der Waals surface area (Å²) in [6.45, 7) is 2.86. The second-order valence-corrected chi connectivity index (χ2v) is 5.11. The summed E-state index contributed by atoms with van der Waals surface area (Å²) in [4.78, 5) is 25.1. The molecule has 0 bridgehead atoms. The van der Waals surface area contributed by atoms with E-state index in [-0.39, 0.29) is 12.3 Å². The molecule has 0 saturated carbocycles. The summed E-state index contributed by atoms with van der Waals surface area (Å²) in [5.41, 5.74) is 1.76. The number of Topliss-reactive ketones (excluding diaryl/α,β-unsaturated/α-hetero) is 1. The Morgan fingerprint density at radius 1 is 1.26 bits per heavy atom. The first-order chi connectivity index (χ1) is 9.08. The molecule has 1 aliphatic rings. The number of carboxylic acids is 1. The second-order valence-electron chi connectivity index (χ2n) is 5.11. The Morgan fingerprint density at radius 3 is 2.58 bits per heavy atom. The first-order valence-electron chi connectivity index (χ1n) is 6.64. The molecule has 0 spiro atoms. The fraction of sp³-hybridized carbons (Fsp3) is 0.467. The number of ketones is 1. The number of rotatable bonds is 4. The molecule has 0 aliphatic carbocycles. The van der Waals surface area contributed by atoms with Crippen molar-refractivity contribution in [3.8, 4) is 0 Å². The molecule has 19 heavy (non-hydrogen) atoms. The van der Waals surface area contributed by atoms with E-state index < -0.39 is 12.0 Å². The fourth-order valence-electron chi connectivity index (χ4n) is 2.48. The summed E-state index contributed by atoms with van der Waals surface area (Å²) >= 11 is 0. The molecule has 0 aromatic heterocycles. The van der Waals surface area contributed by atoms with Crippen LogP contribution < -0.4 is 0 Å². The van der Waals surface area contributed by atoms with Crippen LogP contribution in [0.15, 0.2) is 24.3 Å². The number of hydrogen-bond acceptors (Lipinski definition) is 3. The first-order valence-corrected chi connectivity index (χ1v) is 6.64. The van der Waals surface area contributed by atoms with E-state index in [9.17, 15) is 14.7 Å². The first kappa shape index (κ1) is 13.7. The van der Waals surface area contributed by atoms with E-state index in [4.69, 9.17) is 0 Å². The molecule has 1 aliphatic heterocycles. The molecule has 1 atom stereocenters. The molecule has 4 heteroatoms. The van der Waals surface area contributed by atoms with Gasteiger partial charge < -0.3 is 5.11 Å². The van der Waals surface area contributed by atoms with Gasteiger partial charge in [-0.3, -0.25) is 14.5 Å². The molecule has 102 valence electrons. The average molecular weight is 261 g/mol. The van der Waals surface area contributed by atoms with Crippen molar-refractivity contribution in [3.63, 3.8) is 0 Å². The monoisotopic (exact) mass is 261 g/mol. The van der Waals surface area contributed by atoms with Crippen molar-refractivity contribution in [1.82, 2.24) is 4.90 Å². The van der Waals surface area contributed by atoms with Gasteiger partial charge in [-0.2, -0.15) is 0 Å². The van der Waals surface area contributed by atoms with Crippen LogP contribution in [0.4, 0.5) is 0 Å². The van der Waals surface area contributed by atoms with Crippen molar-refractivity contribution in [2.24, 2.45) is 0 Å². The average Bonchev–Trinajstić information content (AvgIpc) is 2.39. The molecule has 1 aromatic rings. The number of nitrogens with zero attached hydrogens (tertiary/aromatic N) is 1. The molecule has 0 amide bonds. The lowest BCUT2D eigenvalue weighted by Gasteiger charge is -2.32. The summed E-state index contributed by atoms with van der Waals surface area (Å²) in [5, 5.41) is 9.18. The third kappa shape index (κ3) is 3.41. The van der Waals surface area contributed by atoms with Crippen molar-refractivity contribution in [1.29, 1.82) is 0 Å². The number of carbonyl (C=O) groups is 2. The van der Waals surface area contributed by atoms with Gasteiger partial charge in [0.2, 0.25) is 0 Å². The lowest BCUT2D eigenvalue weighted by molar-refractivity contribution is -0.144. The molecule has 4 nitrogen and oxygen atoms in total. The van der Waals surface area contributed by atoms with Crippen LogP contribution in [0.25, 0.3) is 0 Å². The van der Waals surface area contributed by atoms with Gasteiger partial charge in [0, 0.05) is 5.56 Å². The highest BCUT2D eigenvalue weighted by Crippen LogP contribution is 2.18. The molecular weight excluding hydrogens is 242 g/mol. The Kier molecular flexibility index (Phi) is 4.32. The molecule has 1 heterocycles. The van der Waals surface area contributed by atoms with Gasteiger partial charge in [-0.25, -0.2) is 0 Å². The standard InChI is InChI=1S/C15H19NO3/c1-11-5-7-12(8-6-11)14(17)10-16-9-3-2-4-13(16)15(18)19/h5-8,13H,2-4,9-10H2,1H3,(H,18,19). The van der Waals surface area contributed by atoms with E-state index >= 15 is 0 Å². The highest BCUT2D eigenvalue weighted by Gasteiger charge is 2.29. The van der Waals surface area contributed by atoms with E-state index in [1.807, 2.05) is 19.1 Å². The van der Waals surface area contributed by atoms with Crippen LogP contribution in [-0.4, -0.2) is 40.9 Å². The SMILES string of the molecule is Cc1ccc(C(=O)CN2CCCCC2C(=O)O)cc1. The van der Waals surface area contributed by atoms with E-state index in [0.717, 1.165) is 18.4 Å². The van der Waals surface area contributed by atoms with Crippen LogP contribution >= 0.6 is 0 Å². The van der Waals surface area contributed by atoms with E-state index in [1.54, 1.807) is 17.0 Å². The van der Waals surface area contributed by atoms with Gasteiger partial charge >= 0.3 is 5.97 Å². The molecular formula is C15H19NO3. The number of hydrogen-bond donors (Lipinski definition) is 1. The maximum Gasteiger partial charge on any atom is 0.320 e. The maximum absolute atomic E-state index is 12.2. The molecule has 1 N–H and O–H groups in total. The molecule has 2 rings (SSSR count). The van der Waals surface area contributed by atoms with Gasteiger partial charge in [0.15, 0.2) is 5.78 Å². The minimum Gasteiger partial charge on any atom is -0.480 e. The molecule has 0 radical (unpaired) electrons.